The van der Waals surface area contributed by atoms with Gasteiger partial charge in [0, 0.05) is 6.54 Å². The van der Waals surface area contributed by atoms with Gasteiger partial charge in [0.15, 0.2) is 0 Å². The van der Waals surface area contributed by atoms with Crippen LogP contribution in [0.4, 0.5) is 4.79 Å². The molecule has 2 aromatic carbocycles. The lowest BCUT2D eigenvalue weighted by Crippen LogP contribution is -2.41. The second kappa shape index (κ2) is 9.32. The summed E-state index contributed by atoms with van der Waals surface area (Å²) < 4.78 is 33.7. The van der Waals surface area contributed by atoms with Gasteiger partial charge >= 0.3 is 6.09 Å². The van der Waals surface area contributed by atoms with Crippen molar-refractivity contribution in [3.8, 4) is 11.1 Å². The number of alkyl carbamates (subject to hydrolysis) is 1. The first kappa shape index (κ1) is 24.4. The van der Waals surface area contributed by atoms with E-state index >= 15 is 0 Å². The molecule has 1 heterocycles. The van der Waals surface area contributed by atoms with Gasteiger partial charge in [0.25, 0.3) is 0 Å². The van der Waals surface area contributed by atoms with Crippen molar-refractivity contribution in [1.82, 2.24) is 25.4 Å². The molecule has 0 aliphatic heterocycles. The van der Waals surface area contributed by atoms with Crippen LogP contribution >= 0.6 is 0 Å². The quantitative estimate of drug-likeness (QED) is 0.482. The highest BCUT2D eigenvalue weighted by molar-refractivity contribution is 7.89. The fourth-order valence-electron chi connectivity index (χ4n) is 3.12. The Kier molecular flexibility index (Phi) is 6.89. The molecule has 0 saturated carbocycles. The Balaban J connectivity index is 1.71. The Morgan fingerprint density at radius 3 is 2.33 bits per heavy atom. The maximum Gasteiger partial charge on any atom is 0.407 e. The second-order valence-corrected chi connectivity index (χ2v) is 10.9. The molecule has 176 valence electrons. The number of carbonyl (C=O) groups excluding carboxylic acids is 1. The molecule has 10 heteroatoms. The summed E-state index contributed by atoms with van der Waals surface area (Å²) in [5, 5.41) is 12.8. The van der Waals surface area contributed by atoms with Crippen LogP contribution < -0.4 is 10.0 Å². The normalized spacial score (nSPS) is 12.4. The lowest BCUT2D eigenvalue weighted by atomic mass is 10.0. The van der Waals surface area contributed by atoms with Crippen molar-refractivity contribution in [2.75, 3.05) is 0 Å². The van der Waals surface area contributed by atoms with E-state index in [9.17, 15) is 13.2 Å². The van der Waals surface area contributed by atoms with Gasteiger partial charge in [0.1, 0.15) is 5.60 Å². The third-order valence-corrected chi connectivity index (χ3v) is 6.41. The monoisotopic (exact) mass is 471 g/mol. The highest BCUT2D eigenvalue weighted by Crippen LogP contribution is 2.25. The maximum absolute atomic E-state index is 12.9. The minimum absolute atomic E-state index is 0.148. The Hall–Kier alpha value is -3.24. The topological polar surface area (TPSA) is 126 Å². The molecule has 0 radical (unpaired) electrons. The summed E-state index contributed by atoms with van der Waals surface area (Å²) in [6.07, 6.45) is 1.000. The summed E-state index contributed by atoms with van der Waals surface area (Å²) in [4.78, 5) is 12.0. The number of aromatic amines is 1. The molecule has 0 saturated heterocycles. The molecule has 0 fully saturated rings. The molecule has 1 aromatic heterocycles. The second-order valence-electron chi connectivity index (χ2n) is 9.18. The molecule has 3 N–H and O–H groups in total. The molecule has 0 atom stereocenters. The lowest BCUT2D eigenvalue weighted by molar-refractivity contribution is 0.0523. The minimum atomic E-state index is -3.77. The highest BCUT2D eigenvalue weighted by atomic mass is 32.2. The van der Waals surface area contributed by atoms with Crippen molar-refractivity contribution in [2.24, 2.45) is 0 Å². The zero-order chi connectivity index (χ0) is 24.3. The van der Waals surface area contributed by atoms with Crippen LogP contribution in [-0.2, 0) is 26.8 Å². The van der Waals surface area contributed by atoms with Gasteiger partial charge in [-0.2, -0.15) is 4.72 Å². The third kappa shape index (κ3) is 6.62. The first-order valence-electron chi connectivity index (χ1n) is 10.4. The smallest absolute Gasteiger partial charge is 0.407 e. The molecular weight excluding hydrogens is 442 g/mol. The SMILES string of the molecule is CC(C)(C)OC(=O)NCc1cccc(-c2ccc(S(=O)(=O)NC(C)(C)c3cnn[nH]3)cc2)c1. The fraction of sp³-hybridized carbons (Fsp3) is 0.348. The number of benzene rings is 2. The summed E-state index contributed by atoms with van der Waals surface area (Å²) >= 11 is 0. The fourth-order valence-corrected chi connectivity index (χ4v) is 4.52. The molecule has 33 heavy (non-hydrogen) atoms. The van der Waals surface area contributed by atoms with Crippen molar-refractivity contribution >= 4 is 16.1 Å². The van der Waals surface area contributed by atoms with Crippen molar-refractivity contribution in [2.45, 2.75) is 57.2 Å². The number of amides is 1. The first-order chi connectivity index (χ1) is 15.4. The molecule has 3 rings (SSSR count). The highest BCUT2D eigenvalue weighted by Gasteiger charge is 2.29. The number of hydrogen-bond acceptors (Lipinski definition) is 6. The van der Waals surface area contributed by atoms with E-state index in [-0.39, 0.29) is 4.90 Å². The number of ether oxygens (including phenoxy) is 1. The number of aromatic nitrogens is 3. The molecule has 0 aliphatic rings. The van der Waals surface area contributed by atoms with Crippen molar-refractivity contribution in [3.63, 3.8) is 0 Å². The molecule has 3 aromatic rings. The van der Waals surface area contributed by atoms with Gasteiger partial charge in [-0.15, -0.1) is 5.10 Å². The van der Waals surface area contributed by atoms with Crippen LogP contribution in [0, 0.1) is 0 Å². The summed E-state index contributed by atoms with van der Waals surface area (Å²) in [6, 6.07) is 14.3. The van der Waals surface area contributed by atoms with Crippen LogP contribution in [0.25, 0.3) is 11.1 Å². The van der Waals surface area contributed by atoms with Gasteiger partial charge in [-0.3, -0.25) is 5.10 Å². The zero-order valence-electron chi connectivity index (χ0n) is 19.3. The summed E-state index contributed by atoms with van der Waals surface area (Å²) in [6.45, 7) is 9.19. The van der Waals surface area contributed by atoms with E-state index in [1.165, 1.54) is 6.20 Å². The molecule has 0 aliphatic carbocycles. The Bertz CT molecular complexity index is 1200. The van der Waals surface area contributed by atoms with E-state index in [2.05, 4.69) is 25.4 Å². The predicted octanol–water partition coefficient (Wildman–Crippen LogP) is 3.71. The van der Waals surface area contributed by atoms with E-state index in [4.69, 9.17) is 4.74 Å². The van der Waals surface area contributed by atoms with Gasteiger partial charge in [0.2, 0.25) is 10.0 Å². The largest absolute Gasteiger partial charge is 0.444 e. The average Bonchev–Trinajstić information content (AvgIpc) is 3.27. The van der Waals surface area contributed by atoms with E-state index in [0.717, 1.165) is 16.7 Å². The van der Waals surface area contributed by atoms with Crippen molar-refractivity contribution in [1.29, 1.82) is 0 Å². The number of H-pyrrole nitrogens is 1. The Morgan fingerprint density at radius 2 is 1.73 bits per heavy atom. The summed E-state index contributed by atoms with van der Waals surface area (Å²) in [5.74, 6) is 0. The Morgan fingerprint density at radius 1 is 1.03 bits per heavy atom. The number of nitrogens with zero attached hydrogens (tertiary/aromatic N) is 2. The molecule has 0 unspecified atom stereocenters. The van der Waals surface area contributed by atoms with E-state index in [1.807, 2.05) is 45.0 Å². The third-order valence-electron chi connectivity index (χ3n) is 4.74. The lowest BCUT2D eigenvalue weighted by Gasteiger charge is -2.24. The van der Waals surface area contributed by atoms with Crippen LogP contribution in [0.1, 0.15) is 45.9 Å². The van der Waals surface area contributed by atoms with Crippen molar-refractivity contribution in [3.05, 3.63) is 66.0 Å². The number of hydrogen-bond donors (Lipinski definition) is 3. The van der Waals surface area contributed by atoms with Gasteiger partial charge in [-0.05, 0) is 69.5 Å². The Labute approximate surface area is 194 Å². The van der Waals surface area contributed by atoms with Gasteiger partial charge in [-0.25, -0.2) is 13.2 Å². The van der Waals surface area contributed by atoms with E-state index < -0.39 is 27.3 Å². The zero-order valence-corrected chi connectivity index (χ0v) is 20.2. The van der Waals surface area contributed by atoms with Crippen LogP contribution in [0.2, 0.25) is 0 Å². The molecule has 1 amide bonds. The average molecular weight is 472 g/mol. The summed E-state index contributed by atoms with van der Waals surface area (Å²) in [7, 11) is -3.77. The number of rotatable bonds is 7. The standard InChI is InChI=1S/C23H29N5O4S/c1-22(2,3)32-21(29)24-14-16-7-6-8-18(13-16)17-9-11-19(12-10-17)33(30,31)27-23(4,5)20-15-25-28-26-20/h6-13,15,27H,14H2,1-5H3,(H,24,29)(H,25,26,28). The van der Waals surface area contributed by atoms with E-state index in [0.29, 0.717) is 12.2 Å². The van der Waals surface area contributed by atoms with Gasteiger partial charge in [-0.1, -0.05) is 35.5 Å². The van der Waals surface area contributed by atoms with Crippen LogP contribution in [-0.4, -0.2) is 35.5 Å². The molecule has 0 bridgehead atoms. The number of sulfonamides is 1. The van der Waals surface area contributed by atoms with Gasteiger partial charge < -0.3 is 10.1 Å². The summed E-state index contributed by atoms with van der Waals surface area (Å²) in [5.41, 5.74) is 1.74. The first-order valence-corrected chi connectivity index (χ1v) is 11.9. The molecule has 9 nitrogen and oxygen atoms in total. The van der Waals surface area contributed by atoms with Crippen molar-refractivity contribution < 1.29 is 17.9 Å². The van der Waals surface area contributed by atoms with Crippen LogP contribution in [0.5, 0.6) is 0 Å². The number of carbonyl (C=O) groups is 1. The van der Waals surface area contributed by atoms with Gasteiger partial charge in [0.05, 0.1) is 22.3 Å². The minimum Gasteiger partial charge on any atom is -0.444 e. The number of nitrogens with one attached hydrogen (secondary N) is 3. The van der Waals surface area contributed by atoms with Crippen LogP contribution in [0.15, 0.2) is 59.6 Å². The molecular formula is C23H29N5O4S. The maximum atomic E-state index is 12.9. The van der Waals surface area contributed by atoms with E-state index in [1.54, 1.807) is 38.1 Å². The van der Waals surface area contributed by atoms with Crippen LogP contribution in [0.3, 0.4) is 0 Å². The molecule has 0 spiro atoms. The predicted molar refractivity (Wildman–Crippen MR) is 125 cm³/mol.